The molecule has 2 aromatic rings. The molecular weight excluding hydrogens is 248 g/mol. The van der Waals surface area contributed by atoms with Crippen molar-refractivity contribution in [1.29, 1.82) is 0 Å². The fourth-order valence-corrected chi connectivity index (χ4v) is 2.99. The van der Waals surface area contributed by atoms with Crippen molar-refractivity contribution in [3.63, 3.8) is 0 Å². The van der Waals surface area contributed by atoms with Crippen LogP contribution in [0.15, 0.2) is 18.2 Å². The molecule has 0 radical (unpaired) electrons. The van der Waals surface area contributed by atoms with Crippen molar-refractivity contribution < 1.29 is 9.53 Å². The Morgan fingerprint density at radius 1 is 1.56 bits per heavy atom. The number of carbonyl (C=O) groups is 1. The highest BCUT2D eigenvalue weighted by atomic mass is 32.1. The summed E-state index contributed by atoms with van der Waals surface area (Å²) in [6, 6.07) is 5.78. The van der Waals surface area contributed by atoms with E-state index in [0.29, 0.717) is 6.61 Å². The van der Waals surface area contributed by atoms with Crippen LogP contribution in [-0.2, 0) is 9.53 Å². The maximum absolute atomic E-state index is 11.9. The summed E-state index contributed by atoms with van der Waals surface area (Å²) < 4.78 is 6.45. The third-order valence-electron chi connectivity index (χ3n) is 2.99. The van der Waals surface area contributed by atoms with Crippen molar-refractivity contribution in [3.05, 3.63) is 23.2 Å². The maximum Gasteiger partial charge on any atom is 0.253 e. The summed E-state index contributed by atoms with van der Waals surface area (Å²) in [5, 5.41) is 3.94. The van der Waals surface area contributed by atoms with Gasteiger partial charge in [-0.05, 0) is 38.0 Å². The number of hydrogen-bond acceptors (Lipinski definition) is 4. The van der Waals surface area contributed by atoms with Crippen LogP contribution in [0, 0.1) is 6.92 Å². The van der Waals surface area contributed by atoms with E-state index in [-0.39, 0.29) is 12.0 Å². The van der Waals surface area contributed by atoms with Gasteiger partial charge < -0.3 is 10.1 Å². The molecule has 1 saturated heterocycles. The normalized spacial score (nSPS) is 19.3. The number of nitrogens with one attached hydrogen (secondary N) is 1. The smallest absolute Gasteiger partial charge is 0.253 e. The lowest BCUT2D eigenvalue weighted by atomic mass is 10.2. The number of aromatic nitrogens is 1. The zero-order valence-electron chi connectivity index (χ0n) is 10.1. The molecular formula is C13H14N2O2S. The molecule has 2 heterocycles. The molecule has 0 aliphatic carbocycles. The molecule has 0 bridgehead atoms. The first-order valence-corrected chi connectivity index (χ1v) is 6.84. The Hall–Kier alpha value is -1.46. The predicted molar refractivity (Wildman–Crippen MR) is 72.0 cm³/mol. The van der Waals surface area contributed by atoms with Gasteiger partial charge in [0.2, 0.25) is 0 Å². The molecule has 1 atom stereocenters. The van der Waals surface area contributed by atoms with Gasteiger partial charge in [0.1, 0.15) is 6.10 Å². The van der Waals surface area contributed by atoms with E-state index < -0.39 is 0 Å². The van der Waals surface area contributed by atoms with E-state index >= 15 is 0 Å². The summed E-state index contributed by atoms with van der Waals surface area (Å²) in [5.41, 5.74) is 1.79. The molecule has 1 N–H and O–H groups in total. The Balaban J connectivity index is 1.79. The SMILES string of the molecule is Cc1nc2ccc(NC(=O)C3CCCO3)cc2s1. The number of aryl methyl sites for hydroxylation is 1. The highest BCUT2D eigenvalue weighted by Gasteiger charge is 2.23. The molecule has 1 aliphatic rings. The lowest BCUT2D eigenvalue weighted by molar-refractivity contribution is -0.124. The molecule has 1 aromatic carbocycles. The van der Waals surface area contributed by atoms with Crippen LogP contribution in [0.2, 0.25) is 0 Å². The molecule has 1 unspecified atom stereocenters. The van der Waals surface area contributed by atoms with Crippen molar-refractivity contribution in [2.75, 3.05) is 11.9 Å². The van der Waals surface area contributed by atoms with Gasteiger partial charge in [-0.25, -0.2) is 4.98 Å². The number of thiazole rings is 1. The maximum atomic E-state index is 11.9. The van der Waals surface area contributed by atoms with Gasteiger partial charge in [0.05, 0.1) is 15.2 Å². The van der Waals surface area contributed by atoms with Crippen molar-refractivity contribution in [2.24, 2.45) is 0 Å². The summed E-state index contributed by atoms with van der Waals surface area (Å²) >= 11 is 1.63. The van der Waals surface area contributed by atoms with Gasteiger partial charge in [-0.3, -0.25) is 4.79 Å². The minimum atomic E-state index is -0.288. The quantitative estimate of drug-likeness (QED) is 0.905. The van der Waals surface area contributed by atoms with Crippen LogP contribution in [-0.4, -0.2) is 23.6 Å². The van der Waals surface area contributed by atoms with E-state index in [0.717, 1.165) is 33.8 Å². The Kier molecular flexibility index (Phi) is 3.01. The number of anilines is 1. The van der Waals surface area contributed by atoms with E-state index in [9.17, 15) is 4.79 Å². The first kappa shape index (κ1) is 11.6. The van der Waals surface area contributed by atoms with E-state index in [4.69, 9.17) is 4.74 Å². The average Bonchev–Trinajstić information content (AvgIpc) is 2.95. The van der Waals surface area contributed by atoms with Crippen LogP contribution in [0.1, 0.15) is 17.8 Å². The third kappa shape index (κ3) is 2.23. The van der Waals surface area contributed by atoms with E-state index in [1.54, 1.807) is 11.3 Å². The zero-order chi connectivity index (χ0) is 12.5. The first-order valence-electron chi connectivity index (χ1n) is 6.02. The number of fused-ring (bicyclic) bond motifs is 1. The molecule has 94 valence electrons. The van der Waals surface area contributed by atoms with E-state index in [2.05, 4.69) is 10.3 Å². The van der Waals surface area contributed by atoms with Gasteiger partial charge in [0, 0.05) is 12.3 Å². The van der Waals surface area contributed by atoms with Crippen molar-refractivity contribution in [1.82, 2.24) is 4.98 Å². The van der Waals surface area contributed by atoms with Gasteiger partial charge in [-0.15, -0.1) is 11.3 Å². The second kappa shape index (κ2) is 4.66. The number of hydrogen-bond donors (Lipinski definition) is 1. The van der Waals surface area contributed by atoms with E-state index in [1.165, 1.54) is 0 Å². The fourth-order valence-electron chi connectivity index (χ4n) is 2.12. The number of rotatable bonds is 2. The van der Waals surface area contributed by atoms with Crippen LogP contribution in [0.25, 0.3) is 10.2 Å². The summed E-state index contributed by atoms with van der Waals surface area (Å²) in [4.78, 5) is 16.3. The number of ether oxygens (including phenoxy) is 1. The molecule has 1 amide bonds. The molecule has 18 heavy (non-hydrogen) atoms. The lowest BCUT2D eigenvalue weighted by Gasteiger charge is -2.10. The number of benzene rings is 1. The number of nitrogens with zero attached hydrogens (tertiary/aromatic N) is 1. The summed E-state index contributed by atoms with van der Waals surface area (Å²) in [6.07, 6.45) is 1.49. The van der Waals surface area contributed by atoms with Crippen molar-refractivity contribution in [2.45, 2.75) is 25.9 Å². The molecule has 1 fully saturated rings. The summed E-state index contributed by atoms with van der Waals surface area (Å²) in [7, 11) is 0. The first-order chi connectivity index (χ1) is 8.72. The number of carbonyl (C=O) groups excluding carboxylic acids is 1. The fraction of sp³-hybridized carbons (Fsp3) is 0.385. The van der Waals surface area contributed by atoms with Crippen LogP contribution < -0.4 is 5.32 Å². The number of amides is 1. The largest absolute Gasteiger partial charge is 0.368 e. The Morgan fingerprint density at radius 3 is 3.22 bits per heavy atom. The standard InChI is InChI=1S/C13H14N2O2S/c1-8-14-10-5-4-9(7-12(10)18-8)15-13(16)11-3-2-6-17-11/h4-5,7,11H,2-3,6H2,1H3,(H,15,16). The topological polar surface area (TPSA) is 51.2 Å². The highest BCUT2D eigenvalue weighted by Crippen LogP contribution is 2.25. The minimum absolute atomic E-state index is 0.0481. The molecule has 5 heteroatoms. The van der Waals surface area contributed by atoms with Gasteiger partial charge in [-0.2, -0.15) is 0 Å². The Bertz CT molecular complexity index is 588. The molecule has 0 saturated carbocycles. The van der Waals surface area contributed by atoms with Crippen molar-refractivity contribution in [3.8, 4) is 0 Å². The summed E-state index contributed by atoms with van der Waals surface area (Å²) in [5.74, 6) is -0.0481. The summed E-state index contributed by atoms with van der Waals surface area (Å²) in [6.45, 7) is 2.67. The Labute approximate surface area is 109 Å². The minimum Gasteiger partial charge on any atom is -0.368 e. The Morgan fingerprint density at radius 2 is 2.44 bits per heavy atom. The second-order valence-electron chi connectivity index (χ2n) is 4.41. The molecule has 3 rings (SSSR count). The molecule has 1 aliphatic heterocycles. The van der Waals surface area contributed by atoms with Crippen molar-refractivity contribution >= 4 is 33.1 Å². The highest BCUT2D eigenvalue weighted by molar-refractivity contribution is 7.18. The van der Waals surface area contributed by atoms with E-state index in [1.807, 2.05) is 25.1 Å². The predicted octanol–water partition coefficient (Wildman–Crippen LogP) is 2.72. The zero-order valence-corrected chi connectivity index (χ0v) is 10.9. The van der Waals surface area contributed by atoms with Crippen LogP contribution in [0.3, 0.4) is 0 Å². The molecule has 4 nitrogen and oxygen atoms in total. The monoisotopic (exact) mass is 262 g/mol. The molecule has 1 aromatic heterocycles. The third-order valence-corrected chi connectivity index (χ3v) is 3.92. The van der Waals surface area contributed by atoms with Gasteiger partial charge in [0.15, 0.2) is 0 Å². The van der Waals surface area contributed by atoms with Crippen LogP contribution in [0.5, 0.6) is 0 Å². The van der Waals surface area contributed by atoms with Gasteiger partial charge in [0.25, 0.3) is 5.91 Å². The van der Waals surface area contributed by atoms with Gasteiger partial charge >= 0.3 is 0 Å². The van der Waals surface area contributed by atoms with Gasteiger partial charge in [-0.1, -0.05) is 0 Å². The average molecular weight is 262 g/mol. The second-order valence-corrected chi connectivity index (χ2v) is 5.64. The molecule has 0 spiro atoms. The van der Waals surface area contributed by atoms with Crippen LogP contribution >= 0.6 is 11.3 Å². The lowest BCUT2D eigenvalue weighted by Crippen LogP contribution is -2.26. The van der Waals surface area contributed by atoms with Crippen LogP contribution in [0.4, 0.5) is 5.69 Å².